The van der Waals surface area contributed by atoms with Crippen LogP contribution < -0.4 is 10.1 Å². The quantitative estimate of drug-likeness (QED) is 0.874. The first kappa shape index (κ1) is 11.3. The Morgan fingerprint density at radius 1 is 1.24 bits per heavy atom. The summed E-state index contributed by atoms with van der Waals surface area (Å²) in [4.78, 5) is 12.1. The maximum atomic E-state index is 5.09. The van der Waals surface area contributed by atoms with Crippen molar-refractivity contribution >= 4 is 5.95 Å². The molecule has 90 valence electrons. The summed E-state index contributed by atoms with van der Waals surface area (Å²) in [6, 6.07) is 7.85. The highest BCUT2D eigenvalue weighted by Gasteiger charge is 1.98. The van der Waals surface area contributed by atoms with Crippen molar-refractivity contribution in [2.75, 3.05) is 12.4 Å². The van der Waals surface area contributed by atoms with Crippen molar-refractivity contribution in [2.45, 2.75) is 13.5 Å². The van der Waals surface area contributed by atoms with E-state index in [-0.39, 0.29) is 1.43 Å². The highest BCUT2D eigenvalue weighted by molar-refractivity contribution is 5.31. The number of nitrogens with zero attached hydrogens (tertiary/aromatic N) is 3. The minimum Gasteiger partial charge on any atom is -0.497 e. The minimum atomic E-state index is 0. The normalized spacial score (nSPS) is 10.0. The summed E-state index contributed by atoms with van der Waals surface area (Å²) in [5, 5.41) is 3.14. The molecule has 0 spiro atoms. The van der Waals surface area contributed by atoms with E-state index in [0.717, 1.165) is 11.3 Å². The van der Waals surface area contributed by atoms with Gasteiger partial charge in [0, 0.05) is 7.97 Å². The van der Waals surface area contributed by atoms with Gasteiger partial charge in [0.1, 0.15) is 17.9 Å². The number of rotatable bonds is 4. The summed E-state index contributed by atoms with van der Waals surface area (Å²) in [6.45, 7) is 2.51. The average molecular weight is 232 g/mol. The molecule has 0 aliphatic rings. The Kier molecular flexibility index (Phi) is 3.49. The van der Waals surface area contributed by atoms with E-state index in [2.05, 4.69) is 20.3 Å². The van der Waals surface area contributed by atoms with Crippen LogP contribution in [0.15, 0.2) is 30.6 Å². The topological polar surface area (TPSA) is 59.9 Å². The molecule has 2 rings (SSSR count). The third-order valence-corrected chi connectivity index (χ3v) is 2.30. The SMILES string of the molecule is COc1ccc(CNc2ncnc(C)n2)cc1.[HH]. The fourth-order valence-corrected chi connectivity index (χ4v) is 1.39. The molecule has 0 saturated carbocycles. The van der Waals surface area contributed by atoms with Crippen molar-refractivity contribution in [3.05, 3.63) is 42.0 Å². The molecule has 1 N–H and O–H groups in total. The lowest BCUT2D eigenvalue weighted by molar-refractivity contribution is 0.414. The Balaban J connectivity index is 0.00000162. The summed E-state index contributed by atoms with van der Waals surface area (Å²) in [5.41, 5.74) is 1.14. The number of benzene rings is 1. The Morgan fingerprint density at radius 3 is 2.65 bits per heavy atom. The van der Waals surface area contributed by atoms with Gasteiger partial charge in [0.25, 0.3) is 0 Å². The maximum Gasteiger partial charge on any atom is 0.226 e. The molecule has 0 atom stereocenters. The largest absolute Gasteiger partial charge is 0.497 e. The zero-order valence-electron chi connectivity index (χ0n) is 9.84. The Labute approximate surface area is 101 Å². The van der Waals surface area contributed by atoms with Crippen LogP contribution in [0.5, 0.6) is 5.75 Å². The van der Waals surface area contributed by atoms with E-state index in [4.69, 9.17) is 4.74 Å². The molecule has 5 nitrogen and oxygen atoms in total. The van der Waals surface area contributed by atoms with Gasteiger partial charge in [-0.2, -0.15) is 4.98 Å². The molecular formula is C12H16N4O. The first-order chi connectivity index (χ1) is 8.28. The van der Waals surface area contributed by atoms with Crippen molar-refractivity contribution in [3.8, 4) is 5.75 Å². The summed E-state index contributed by atoms with van der Waals surface area (Å²) in [6.07, 6.45) is 1.50. The van der Waals surface area contributed by atoms with Gasteiger partial charge in [-0.15, -0.1) is 0 Å². The van der Waals surface area contributed by atoms with Gasteiger partial charge in [-0.25, -0.2) is 9.97 Å². The van der Waals surface area contributed by atoms with E-state index in [9.17, 15) is 0 Å². The van der Waals surface area contributed by atoms with E-state index in [1.807, 2.05) is 31.2 Å². The molecule has 0 aliphatic heterocycles. The highest BCUT2D eigenvalue weighted by Crippen LogP contribution is 2.11. The van der Waals surface area contributed by atoms with Crippen molar-refractivity contribution in [1.29, 1.82) is 0 Å². The molecule has 0 radical (unpaired) electrons. The first-order valence-corrected chi connectivity index (χ1v) is 5.30. The van der Waals surface area contributed by atoms with Crippen molar-refractivity contribution in [2.24, 2.45) is 0 Å². The first-order valence-electron chi connectivity index (χ1n) is 5.30. The van der Waals surface area contributed by atoms with E-state index in [1.54, 1.807) is 7.11 Å². The predicted octanol–water partition coefficient (Wildman–Crippen LogP) is 2.05. The molecule has 5 heteroatoms. The number of methoxy groups -OCH3 is 1. The monoisotopic (exact) mass is 232 g/mol. The number of aryl methyl sites for hydroxylation is 1. The molecular weight excluding hydrogens is 216 g/mol. The van der Waals surface area contributed by atoms with Gasteiger partial charge < -0.3 is 10.1 Å². The van der Waals surface area contributed by atoms with E-state index in [0.29, 0.717) is 18.3 Å². The van der Waals surface area contributed by atoms with Crippen LogP contribution in [0.2, 0.25) is 0 Å². The highest BCUT2D eigenvalue weighted by atomic mass is 16.5. The second-order valence-electron chi connectivity index (χ2n) is 3.56. The van der Waals surface area contributed by atoms with Crippen LogP contribution in [0.4, 0.5) is 5.95 Å². The number of hydrogen-bond donors (Lipinski definition) is 1. The fraction of sp³-hybridized carbons (Fsp3) is 0.250. The maximum absolute atomic E-state index is 5.09. The summed E-state index contributed by atoms with van der Waals surface area (Å²) in [7, 11) is 1.65. The Bertz CT molecular complexity index is 490. The summed E-state index contributed by atoms with van der Waals surface area (Å²) >= 11 is 0. The van der Waals surface area contributed by atoms with Crippen LogP contribution >= 0.6 is 0 Å². The van der Waals surface area contributed by atoms with Gasteiger partial charge in [-0.1, -0.05) is 12.1 Å². The van der Waals surface area contributed by atoms with Crippen LogP contribution in [-0.4, -0.2) is 22.1 Å². The number of aromatic nitrogens is 3. The van der Waals surface area contributed by atoms with E-state index < -0.39 is 0 Å². The van der Waals surface area contributed by atoms with E-state index >= 15 is 0 Å². The number of ether oxygens (including phenoxy) is 1. The predicted molar refractivity (Wildman–Crippen MR) is 67.0 cm³/mol. The third kappa shape index (κ3) is 3.14. The minimum absolute atomic E-state index is 0. The summed E-state index contributed by atoms with van der Waals surface area (Å²) < 4.78 is 5.09. The lowest BCUT2D eigenvalue weighted by Crippen LogP contribution is -2.04. The molecule has 0 bridgehead atoms. The fourth-order valence-electron chi connectivity index (χ4n) is 1.39. The number of anilines is 1. The molecule has 0 saturated heterocycles. The van der Waals surface area contributed by atoms with Crippen LogP contribution in [0.1, 0.15) is 12.8 Å². The molecule has 1 heterocycles. The van der Waals surface area contributed by atoms with Gasteiger partial charge in [0.15, 0.2) is 0 Å². The zero-order chi connectivity index (χ0) is 12.1. The standard InChI is InChI=1S/C12H14N4O.H2/c1-9-14-8-15-12(16-9)13-7-10-3-5-11(17-2)6-4-10;/h3-6,8H,7H2,1-2H3,(H,13,14,15,16);1H. The zero-order valence-corrected chi connectivity index (χ0v) is 9.84. The van der Waals surface area contributed by atoms with Gasteiger partial charge in [0.2, 0.25) is 5.95 Å². The molecule has 1 aromatic heterocycles. The summed E-state index contributed by atoms with van der Waals surface area (Å²) in [5.74, 6) is 2.15. The van der Waals surface area contributed by atoms with Gasteiger partial charge in [0.05, 0.1) is 7.11 Å². The average Bonchev–Trinajstić information content (AvgIpc) is 2.37. The second kappa shape index (κ2) is 5.25. The van der Waals surface area contributed by atoms with Crippen molar-refractivity contribution < 1.29 is 6.16 Å². The molecule has 0 unspecified atom stereocenters. The van der Waals surface area contributed by atoms with Crippen LogP contribution in [-0.2, 0) is 6.54 Å². The van der Waals surface area contributed by atoms with Crippen molar-refractivity contribution in [3.63, 3.8) is 0 Å². The van der Waals surface area contributed by atoms with Crippen LogP contribution in [0.3, 0.4) is 0 Å². The molecule has 17 heavy (non-hydrogen) atoms. The number of hydrogen-bond acceptors (Lipinski definition) is 5. The Hall–Kier alpha value is -2.17. The second-order valence-corrected chi connectivity index (χ2v) is 3.56. The third-order valence-electron chi connectivity index (χ3n) is 2.30. The molecule has 2 aromatic rings. The number of nitrogens with one attached hydrogen (secondary N) is 1. The molecule has 1 aromatic carbocycles. The molecule has 0 amide bonds. The lowest BCUT2D eigenvalue weighted by Gasteiger charge is -2.05. The van der Waals surface area contributed by atoms with E-state index in [1.165, 1.54) is 6.33 Å². The van der Waals surface area contributed by atoms with Crippen molar-refractivity contribution in [1.82, 2.24) is 15.0 Å². The lowest BCUT2D eigenvalue weighted by atomic mass is 10.2. The van der Waals surface area contributed by atoms with Crippen LogP contribution in [0, 0.1) is 6.92 Å². The van der Waals surface area contributed by atoms with Gasteiger partial charge >= 0.3 is 0 Å². The Morgan fingerprint density at radius 2 is 2.00 bits per heavy atom. The molecule has 0 fully saturated rings. The van der Waals surface area contributed by atoms with Gasteiger partial charge in [-0.3, -0.25) is 0 Å². The van der Waals surface area contributed by atoms with Gasteiger partial charge in [-0.05, 0) is 24.6 Å². The smallest absolute Gasteiger partial charge is 0.226 e. The molecule has 0 aliphatic carbocycles. The van der Waals surface area contributed by atoms with Crippen LogP contribution in [0.25, 0.3) is 0 Å².